The Morgan fingerprint density at radius 3 is 2.59 bits per heavy atom. The number of aromatic nitrogens is 1. The summed E-state index contributed by atoms with van der Waals surface area (Å²) >= 11 is 0. The van der Waals surface area contributed by atoms with E-state index in [9.17, 15) is 13.8 Å². The molecule has 1 heterocycles. The average molecular weight is 386 g/mol. The molecule has 2 aromatic rings. The van der Waals surface area contributed by atoms with Crippen molar-refractivity contribution in [3.8, 4) is 0 Å². The van der Waals surface area contributed by atoms with Crippen LogP contribution < -0.4 is 5.32 Å². The van der Waals surface area contributed by atoms with Crippen molar-refractivity contribution in [1.82, 2.24) is 4.98 Å². The number of aromatic carboxylic acids is 1. The first-order valence-electron chi connectivity index (χ1n) is 9.00. The Bertz CT molecular complexity index is 845. The molecule has 1 aromatic carbocycles. The van der Waals surface area contributed by atoms with E-state index in [4.69, 9.17) is 5.11 Å². The van der Waals surface area contributed by atoms with Crippen LogP contribution in [0, 0.1) is 0 Å². The second kappa shape index (κ2) is 8.90. The van der Waals surface area contributed by atoms with Crippen LogP contribution in [0.4, 0.5) is 5.69 Å². The second-order valence-electron chi connectivity index (χ2n) is 6.68. The Labute approximate surface area is 160 Å². The maximum Gasteiger partial charge on any atom is 0.354 e. The number of carboxylic acid groups (broad SMARTS) is 1. The van der Waals surface area contributed by atoms with E-state index in [0.717, 1.165) is 31.2 Å². The molecule has 0 spiro atoms. The zero-order valence-electron chi connectivity index (χ0n) is 14.9. The van der Waals surface area contributed by atoms with E-state index >= 15 is 0 Å². The topological polar surface area (TPSA) is 96.4 Å². The average Bonchev–Trinajstić information content (AvgIpc) is 2.69. The molecule has 1 aromatic heterocycles. The zero-order valence-corrected chi connectivity index (χ0v) is 15.7. The molecule has 1 unspecified atom stereocenters. The molecule has 0 aliphatic heterocycles. The van der Waals surface area contributed by atoms with Gasteiger partial charge in [0.15, 0.2) is 0 Å². The predicted octanol–water partition coefficient (Wildman–Crippen LogP) is 3.61. The number of benzene rings is 1. The Kier molecular flexibility index (Phi) is 6.34. The number of rotatable bonds is 6. The highest BCUT2D eigenvalue weighted by molar-refractivity contribution is 7.84. The Morgan fingerprint density at radius 2 is 1.93 bits per heavy atom. The van der Waals surface area contributed by atoms with Gasteiger partial charge in [0.2, 0.25) is 0 Å². The molecule has 27 heavy (non-hydrogen) atoms. The van der Waals surface area contributed by atoms with E-state index in [1.807, 2.05) is 18.2 Å². The molecule has 3 rings (SSSR count). The number of carboxylic acids is 1. The first-order valence-corrected chi connectivity index (χ1v) is 10.4. The molecule has 2 N–H and O–H groups in total. The van der Waals surface area contributed by atoms with Crippen LogP contribution in [0.3, 0.4) is 0 Å². The van der Waals surface area contributed by atoms with Gasteiger partial charge in [0.25, 0.3) is 5.91 Å². The van der Waals surface area contributed by atoms with Gasteiger partial charge in [0.05, 0.1) is 5.56 Å². The number of nitrogens with one attached hydrogen (secondary N) is 1. The number of pyridine rings is 1. The van der Waals surface area contributed by atoms with Crippen LogP contribution in [0.1, 0.15) is 58.5 Å². The van der Waals surface area contributed by atoms with Crippen molar-refractivity contribution >= 4 is 28.4 Å². The molecule has 1 amide bonds. The van der Waals surface area contributed by atoms with Gasteiger partial charge in [-0.15, -0.1) is 0 Å². The summed E-state index contributed by atoms with van der Waals surface area (Å²) < 4.78 is 12.6. The van der Waals surface area contributed by atoms with Gasteiger partial charge in [-0.1, -0.05) is 31.4 Å². The van der Waals surface area contributed by atoms with E-state index in [-0.39, 0.29) is 22.4 Å². The summed E-state index contributed by atoms with van der Waals surface area (Å²) in [6, 6.07) is 10.1. The third-order valence-corrected chi connectivity index (χ3v) is 6.50. The number of nitrogens with zero attached hydrogens (tertiary/aromatic N) is 1. The lowest BCUT2D eigenvalue weighted by molar-refractivity contribution is 0.0690. The fourth-order valence-corrected chi connectivity index (χ4v) is 4.81. The summed E-state index contributed by atoms with van der Waals surface area (Å²) in [5, 5.41) is 11.9. The molecule has 0 radical (unpaired) electrons. The van der Waals surface area contributed by atoms with E-state index < -0.39 is 16.8 Å². The van der Waals surface area contributed by atoms with Gasteiger partial charge in [-0.3, -0.25) is 9.00 Å². The standard InChI is InChI=1S/C20H22N2O4S/c23-19(15-9-10-18(20(24)25)21-12-15)22-16-6-4-5-14(11-16)13-27(26)17-7-2-1-3-8-17/h4-6,9-12,17H,1-3,7-8,13H2,(H,22,23)(H,24,25). The van der Waals surface area contributed by atoms with Gasteiger partial charge in [0, 0.05) is 33.7 Å². The Morgan fingerprint density at radius 1 is 1.15 bits per heavy atom. The summed E-state index contributed by atoms with van der Waals surface area (Å²) in [4.78, 5) is 26.9. The number of amides is 1. The lowest BCUT2D eigenvalue weighted by Crippen LogP contribution is -2.20. The van der Waals surface area contributed by atoms with Crippen molar-refractivity contribution in [3.63, 3.8) is 0 Å². The summed E-state index contributed by atoms with van der Waals surface area (Å²) in [6.07, 6.45) is 6.84. The van der Waals surface area contributed by atoms with E-state index in [1.165, 1.54) is 24.8 Å². The van der Waals surface area contributed by atoms with Gasteiger partial charge >= 0.3 is 5.97 Å². The van der Waals surface area contributed by atoms with Crippen LogP contribution >= 0.6 is 0 Å². The molecule has 7 heteroatoms. The molecule has 1 aliphatic rings. The smallest absolute Gasteiger partial charge is 0.354 e. The molecule has 0 saturated heterocycles. The molecule has 1 atom stereocenters. The molecule has 0 bridgehead atoms. The minimum atomic E-state index is -1.14. The maximum atomic E-state index is 12.6. The number of carbonyl (C=O) groups is 2. The van der Waals surface area contributed by atoms with E-state index in [1.54, 1.807) is 6.07 Å². The minimum absolute atomic E-state index is 0.112. The normalized spacial score (nSPS) is 15.9. The van der Waals surface area contributed by atoms with Crippen molar-refractivity contribution < 1.29 is 18.9 Å². The fourth-order valence-electron chi connectivity index (χ4n) is 3.21. The molecule has 1 aliphatic carbocycles. The van der Waals surface area contributed by atoms with Crippen molar-refractivity contribution in [3.05, 3.63) is 59.4 Å². The second-order valence-corrected chi connectivity index (χ2v) is 8.39. The first kappa shape index (κ1) is 19.2. The Hall–Kier alpha value is -2.54. The van der Waals surface area contributed by atoms with Crippen LogP contribution in [0.25, 0.3) is 0 Å². The number of carbonyl (C=O) groups excluding carboxylic acids is 1. The quantitative estimate of drug-likeness (QED) is 0.790. The third kappa shape index (κ3) is 5.23. The van der Waals surface area contributed by atoms with Crippen LogP contribution in [0.2, 0.25) is 0 Å². The number of hydrogen-bond acceptors (Lipinski definition) is 4. The van der Waals surface area contributed by atoms with Crippen molar-refractivity contribution in [2.24, 2.45) is 0 Å². The van der Waals surface area contributed by atoms with Crippen LogP contribution in [-0.2, 0) is 16.6 Å². The van der Waals surface area contributed by atoms with E-state index in [0.29, 0.717) is 11.4 Å². The molecule has 142 valence electrons. The highest BCUT2D eigenvalue weighted by atomic mass is 32.2. The maximum absolute atomic E-state index is 12.6. The van der Waals surface area contributed by atoms with Crippen molar-refractivity contribution in [1.29, 1.82) is 0 Å². The minimum Gasteiger partial charge on any atom is -0.477 e. The molecule has 1 fully saturated rings. The summed E-state index contributed by atoms with van der Waals surface area (Å²) in [5.74, 6) is -1.02. The summed E-state index contributed by atoms with van der Waals surface area (Å²) in [5.41, 5.74) is 1.70. The lowest BCUT2D eigenvalue weighted by atomic mass is 10.0. The monoisotopic (exact) mass is 386 g/mol. The summed E-state index contributed by atoms with van der Waals surface area (Å²) in [6.45, 7) is 0. The molecular weight excluding hydrogens is 364 g/mol. The van der Waals surface area contributed by atoms with Gasteiger partial charge < -0.3 is 10.4 Å². The van der Waals surface area contributed by atoms with Crippen molar-refractivity contribution in [2.75, 3.05) is 5.32 Å². The fraction of sp³-hybridized carbons (Fsp3) is 0.350. The lowest BCUT2D eigenvalue weighted by Gasteiger charge is -2.21. The zero-order chi connectivity index (χ0) is 19.2. The van der Waals surface area contributed by atoms with Crippen LogP contribution in [0.5, 0.6) is 0 Å². The molecular formula is C20H22N2O4S. The SMILES string of the molecule is O=C(Nc1cccc(CS(=O)C2CCCCC2)c1)c1ccc(C(=O)O)nc1. The molecule has 1 saturated carbocycles. The Balaban J connectivity index is 1.63. The van der Waals surface area contributed by atoms with Crippen LogP contribution in [0.15, 0.2) is 42.6 Å². The number of anilines is 1. The first-order chi connectivity index (χ1) is 13.0. The largest absolute Gasteiger partial charge is 0.477 e. The van der Waals surface area contributed by atoms with Gasteiger partial charge in [-0.05, 0) is 42.7 Å². The highest BCUT2D eigenvalue weighted by Crippen LogP contribution is 2.24. The van der Waals surface area contributed by atoms with E-state index in [2.05, 4.69) is 10.3 Å². The predicted molar refractivity (Wildman–Crippen MR) is 104 cm³/mol. The highest BCUT2D eigenvalue weighted by Gasteiger charge is 2.20. The third-order valence-electron chi connectivity index (χ3n) is 4.66. The van der Waals surface area contributed by atoms with Crippen molar-refractivity contribution in [2.45, 2.75) is 43.1 Å². The van der Waals surface area contributed by atoms with Crippen LogP contribution in [-0.4, -0.2) is 31.4 Å². The van der Waals surface area contributed by atoms with Gasteiger partial charge in [0.1, 0.15) is 5.69 Å². The van der Waals surface area contributed by atoms with Gasteiger partial charge in [-0.2, -0.15) is 0 Å². The number of hydrogen-bond donors (Lipinski definition) is 2. The van der Waals surface area contributed by atoms with Gasteiger partial charge in [-0.25, -0.2) is 9.78 Å². The molecule has 6 nitrogen and oxygen atoms in total. The summed E-state index contributed by atoms with van der Waals surface area (Å²) in [7, 11) is -0.900.